The fourth-order valence-corrected chi connectivity index (χ4v) is 2.95. The maximum Gasteiger partial charge on any atom is 0.263 e. The van der Waals surface area contributed by atoms with Crippen LogP contribution in [0, 0.1) is 6.92 Å². The normalized spacial score (nSPS) is 11.2. The number of aryl methyl sites for hydroxylation is 1. The summed E-state index contributed by atoms with van der Waals surface area (Å²) >= 11 is 5.66. The number of anilines is 2. The summed E-state index contributed by atoms with van der Waals surface area (Å²) in [5.41, 5.74) is 2.38. The Balaban J connectivity index is 2.30. The molecule has 0 spiro atoms. The second-order valence-electron chi connectivity index (χ2n) is 4.82. The SMILES string of the molecule is Cc1cc(N(C)C)ccc1NS(=O)(=O)c1ccc(Cl)nc1. The van der Waals surface area contributed by atoms with Crippen LogP contribution in [0.4, 0.5) is 11.4 Å². The predicted molar refractivity (Wildman–Crippen MR) is 85.6 cm³/mol. The lowest BCUT2D eigenvalue weighted by Gasteiger charge is -2.16. The zero-order valence-corrected chi connectivity index (χ0v) is 13.5. The van der Waals surface area contributed by atoms with E-state index in [0.29, 0.717) is 5.69 Å². The molecule has 2 aromatic rings. The fourth-order valence-electron chi connectivity index (χ4n) is 1.77. The van der Waals surface area contributed by atoms with Gasteiger partial charge in [-0.15, -0.1) is 0 Å². The number of nitrogens with one attached hydrogen (secondary N) is 1. The molecule has 5 nitrogen and oxygen atoms in total. The standard InChI is InChI=1S/C14H16ClN3O2S/c1-10-8-11(18(2)3)4-6-13(10)17-21(19,20)12-5-7-14(15)16-9-12/h4-9,17H,1-3H3. The van der Waals surface area contributed by atoms with Gasteiger partial charge >= 0.3 is 0 Å². The van der Waals surface area contributed by atoms with Gasteiger partial charge in [0.1, 0.15) is 10.0 Å². The average molecular weight is 326 g/mol. The van der Waals surface area contributed by atoms with Gasteiger partial charge in [0.15, 0.2) is 0 Å². The van der Waals surface area contributed by atoms with Crippen LogP contribution in [0.5, 0.6) is 0 Å². The minimum absolute atomic E-state index is 0.0722. The van der Waals surface area contributed by atoms with Gasteiger partial charge in [0, 0.05) is 26.0 Å². The first-order valence-corrected chi connectivity index (χ1v) is 8.08. The molecule has 0 saturated carbocycles. The molecular formula is C14H16ClN3O2S. The molecule has 112 valence electrons. The Kier molecular flexibility index (Phi) is 4.39. The van der Waals surface area contributed by atoms with E-state index in [9.17, 15) is 8.42 Å². The third kappa shape index (κ3) is 3.65. The highest BCUT2D eigenvalue weighted by Crippen LogP contribution is 2.24. The molecule has 1 aromatic heterocycles. The van der Waals surface area contributed by atoms with Gasteiger partial charge in [-0.3, -0.25) is 4.72 Å². The van der Waals surface area contributed by atoms with E-state index in [0.717, 1.165) is 11.3 Å². The van der Waals surface area contributed by atoms with Crippen molar-refractivity contribution in [3.05, 3.63) is 47.2 Å². The van der Waals surface area contributed by atoms with E-state index in [1.54, 1.807) is 6.07 Å². The lowest BCUT2D eigenvalue weighted by atomic mass is 10.2. The number of hydrogen-bond donors (Lipinski definition) is 1. The molecule has 0 aliphatic rings. The molecule has 1 aromatic carbocycles. The highest BCUT2D eigenvalue weighted by molar-refractivity contribution is 7.92. The minimum atomic E-state index is -3.67. The first-order valence-electron chi connectivity index (χ1n) is 6.22. The Bertz CT molecular complexity index is 743. The van der Waals surface area contributed by atoms with Gasteiger partial charge in [-0.25, -0.2) is 13.4 Å². The number of pyridine rings is 1. The molecule has 0 aliphatic heterocycles. The molecule has 1 heterocycles. The van der Waals surface area contributed by atoms with Crippen molar-refractivity contribution >= 4 is 33.0 Å². The predicted octanol–water partition coefficient (Wildman–Crippen LogP) is 2.91. The summed E-state index contributed by atoms with van der Waals surface area (Å²) in [5.74, 6) is 0. The second kappa shape index (κ2) is 5.91. The molecule has 0 radical (unpaired) electrons. The van der Waals surface area contributed by atoms with Crippen LogP contribution in [0.25, 0.3) is 0 Å². The minimum Gasteiger partial charge on any atom is -0.378 e. The van der Waals surface area contributed by atoms with Crippen molar-refractivity contribution in [3.8, 4) is 0 Å². The van der Waals surface area contributed by atoms with Crippen LogP contribution in [0.1, 0.15) is 5.56 Å². The molecule has 2 rings (SSSR count). The monoisotopic (exact) mass is 325 g/mol. The molecule has 7 heteroatoms. The summed E-state index contributed by atoms with van der Waals surface area (Å²) < 4.78 is 27.1. The van der Waals surface area contributed by atoms with E-state index in [1.807, 2.05) is 38.1 Å². The van der Waals surface area contributed by atoms with Gasteiger partial charge in [0.2, 0.25) is 0 Å². The van der Waals surface area contributed by atoms with Crippen molar-refractivity contribution in [2.24, 2.45) is 0 Å². The maximum atomic E-state index is 12.3. The number of aromatic nitrogens is 1. The number of hydrogen-bond acceptors (Lipinski definition) is 4. The fraction of sp³-hybridized carbons (Fsp3) is 0.214. The first kappa shape index (κ1) is 15.6. The molecule has 0 saturated heterocycles. The smallest absolute Gasteiger partial charge is 0.263 e. The van der Waals surface area contributed by atoms with E-state index in [1.165, 1.54) is 18.3 Å². The third-order valence-electron chi connectivity index (χ3n) is 2.98. The molecular weight excluding hydrogens is 310 g/mol. The molecule has 0 bridgehead atoms. The van der Waals surface area contributed by atoms with Gasteiger partial charge in [-0.05, 0) is 42.8 Å². The Labute approximate surface area is 129 Å². The number of nitrogens with zero attached hydrogens (tertiary/aromatic N) is 2. The number of rotatable bonds is 4. The number of sulfonamides is 1. The van der Waals surface area contributed by atoms with Crippen LogP contribution in [-0.2, 0) is 10.0 Å². The van der Waals surface area contributed by atoms with E-state index in [2.05, 4.69) is 9.71 Å². The van der Waals surface area contributed by atoms with Gasteiger partial charge in [0.25, 0.3) is 10.0 Å². The molecule has 1 N–H and O–H groups in total. The Morgan fingerprint density at radius 1 is 1.19 bits per heavy atom. The maximum absolute atomic E-state index is 12.3. The van der Waals surface area contributed by atoms with Crippen LogP contribution < -0.4 is 9.62 Å². The van der Waals surface area contributed by atoms with Crippen molar-refractivity contribution in [1.82, 2.24) is 4.98 Å². The van der Waals surface area contributed by atoms with Gasteiger partial charge in [0.05, 0.1) is 5.69 Å². The van der Waals surface area contributed by atoms with Crippen molar-refractivity contribution in [1.29, 1.82) is 0 Å². The van der Waals surface area contributed by atoms with Crippen LogP contribution in [0.3, 0.4) is 0 Å². The Hall–Kier alpha value is -1.79. The second-order valence-corrected chi connectivity index (χ2v) is 6.89. The number of benzene rings is 1. The van der Waals surface area contributed by atoms with Crippen LogP contribution in [0.15, 0.2) is 41.4 Å². The van der Waals surface area contributed by atoms with Crippen molar-refractivity contribution in [2.75, 3.05) is 23.7 Å². The summed E-state index contributed by atoms with van der Waals surface area (Å²) in [5, 5.41) is 0.250. The van der Waals surface area contributed by atoms with Crippen molar-refractivity contribution in [3.63, 3.8) is 0 Å². The van der Waals surface area contributed by atoms with Gasteiger partial charge < -0.3 is 4.90 Å². The molecule has 0 unspecified atom stereocenters. The van der Waals surface area contributed by atoms with Gasteiger partial charge in [-0.2, -0.15) is 0 Å². The van der Waals surface area contributed by atoms with Gasteiger partial charge in [-0.1, -0.05) is 11.6 Å². The molecule has 0 aliphatic carbocycles. The lowest BCUT2D eigenvalue weighted by molar-refractivity contribution is 0.601. The summed E-state index contributed by atoms with van der Waals surface area (Å²) in [6.07, 6.45) is 1.23. The molecule has 0 atom stereocenters. The van der Waals surface area contributed by atoms with E-state index < -0.39 is 10.0 Å². The largest absolute Gasteiger partial charge is 0.378 e. The van der Waals surface area contributed by atoms with Crippen LogP contribution in [0.2, 0.25) is 5.15 Å². The first-order chi connectivity index (χ1) is 9.79. The van der Waals surface area contributed by atoms with E-state index >= 15 is 0 Å². The van der Waals surface area contributed by atoms with Crippen LogP contribution >= 0.6 is 11.6 Å². The highest BCUT2D eigenvalue weighted by Gasteiger charge is 2.16. The van der Waals surface area contributed by atoms with Crippen LogP contribution in [-0.4, -0.2) is 27.5 Å². The topological polar surface area (TPSA) is 62.3 Å². The number of halogens is 1. The summed E-state index contributed by atoms with van der Waals surface area (Å²) in [7, 11) is 0.187. The van der Waals surface area contributed by atoms with E-state index in [4.69, 9.17) is 11.6 Å². The summed E-state index contributed by atoms with van der Waals surface area (Å²) in [6, 6.07) is 8.37. The zero-order chi connectivity index (χ0) is 15.6. The van der Waals surface area contributed by atoms with E-state index in [-0.39, 0.29) is 10.0 Å². The lowest BCUT2D eigenvalue weighted by Crippen LogP contribution is -2.14. The molecule has 0 amide bonds. The summed E-state index contributed by atoms with van der Waals surface area (Å²) in [6.45, 7) is 1.85. The Morgan fingerprint density at radius 3 is 2.43 bits per heavy atom. The Morgan fingerprint density at radius 2 is 1.90 bits per heavy atom. The molecule has 21 heavy (non-hydrogen) atoms. The van der Waals surface area contributed by atoms with Crippen molar-refractivity contribution < 1.29 is 8.42 Å². The third-order valence-corrected chi connectivity index (χ3v) is 4.56. The highest BCUT2D eigenvalue weighted by atomic mass is 35.5. The quantitative estimate of drug-likeness (QED) is 0.878. The summed E-state index contributed by atoms with van der Waals surface area (Å²) in [4.78, 5) is 5.81. The zero-order valence-electron chi connectivity index (χ0n) is 12.0. The molecule has 0 fully saturated rings. The van der Waals surface area contributed by atoms with Crippen molar-refractivity contribution in [2.45, 2.75) is 11.8 Å². The average Bonchev–Trinajstić information content (AvgIpc) is 2.41.